The van der Waals surface area contributed by atoms with Crippen LogP contribution in [0, 0.1) is 17.8 Å². The van der Waals surface area contributed by atoms with Crippen LogP contribution in [0.4, 0.5) is 0 Å². The number of carbonyl (C=O) groups excluding carboxylic acids is 1. The largest absolute Gasteiger partial charge is 0.361 e. The zero-order valence-electron chi connectivity index (χ0n) is 12.6. The van der Waals surface area contributed by atoms with Gasteiger partial charge in [-0.05, 0) is 54.9 Å². The maximum absolute atomic E-state index is 12.7. The predicted molar refractivity (Wildman–Crippen MR) is 85.7 cm³/mol. The van der Waals surface area contributed by atoms with E-state index in [-0.39, 0.29) is 5.91 Å². The van der Waals surface area contributed by atoms with E-state index in [1.54, 1.807) is 0 Å². The summed E-state index contributed by atoms with van der Waals surface area (Å²) in [4.78, 5) is 18.4. The average molecular weight is 295 g/mol. The molecule has 4 heterocycles. The van der Waals surface area contributed by atoms with Crippen LogP contribution in [0.25, 0.3) is 10.9 Å². The van der Waals surface area contributed by atoms with E-state index in [4.69, 9.17) is 0 Å². The summed E-state index contributed by atoms with van der Waals surface area (Å²) >= 11 is 0. The van der Waals surface area contributed by atoms with E-state index >= 15 is 0 Å². The van der Waals surface area contributed by atoms with E-state index in [0.29, 0.717) is 17.9 Å². The molecule has 1 saturated carbocycles. The lowest BCUT2D eigenvalue weighted by atomic mass is 9.65. The van der Waals surface area contributed by atoms with E-state index in [1.807, 2.05) is 30.5 Å². The average Bonchev–Trinajstić information content (AvgIpc) is 2.97. The van der Waals surface area contributed by atoms with Gasteiger partial charge in [0.25, 0.3) is 5.91 Å². The molecule has 114 valence electrons. The molecule has 1 amide bonds. The Hall–Kier alpha value is -1.81. The fourth-order valence-corrected chi connectivity index (χ4v) is 5.07. The summed E-state index contributed by atoms with van der Waals surface area (Å²) in [5.41, 5.74) is 1.86. The second-order valence-electron chi connectivity index (χ2n) is 7.36. The van der Waals surface area contributed by atoms with Gasteiger partial charge in [-0.3, -0.25) is 4.79 Å². The monoisotopic (exact) mass is 295 g/mol. The van der Waals surface area contributed by atoms with E-state index in [9.17, 15) is 4.79 Å². The van der Waals surface area contributed by atoms with Crippen molar-refractivity contribution in [2.45, 2.75) is 18.9 Å². The van der Waals surface area contributed by atoms with Crippen LogP contribution < -0.4 is 5.32 Å². The number of rotatable bonds is 2. The smallest absolute Gasteiger partial charge is 0.251 e. The molecule has 1 aromatic heterocycles. The van der Waals surface area contributed by atoms with Gasteiger partial charge in [0.2, 0.25) is 0 Å². The molecule has 2 aromatic rings. The number of fused-ring (bicyclic) bond motifs is 1. The molecule has 4 aliphatic rings. The number of piperidine rings is 3. The third-order valence-electron chi connectivity index (χ3n) is 5.90. The van der Waals surface area contributed by atoms with Gasteiger partial charge in [-0.15, -0.1) is 0 Å². The second kappa shape index (κ2) is 4.59. The van der Waals surface area contributed by atoms with Crippen molar-refractivity contribution in [1.29, 1.82) is 0 Å². The topological polar surface area (TPSA) is 48.1 Å². The maximum Gasteiger partial charge on any atom is 0.251 e. The highest BCUT2D eigenvalue weighted by molar-refractivity contribution is 5.98. The molecule has 0 spiro atoms. The van der Waals surface area contributed by atoms with Gasteiger partial charge in [0, 0.05) is 48.3 Å². The van der Waals surface area contributed by atoms with Gasteiger partial charge < -0.3 is 15.2 Å². The van der Waals surface area contributed by atoms with Crippen molar-refractivity contribution in [3.8, 4) is 0 Å². The fraction of sp³-hybridized carbons (Fsp3) is 0.500. The van der Waals surface area contributed by atoms with Gasteiger partial charge in [-0.2, -0.15) is 0 Å². The molecule has 3 aliphatic heterocycles. The van der Waals surface area contributed by atoms with Gasteiger partial charge in [-0.25, -0.2) is 0 Å². The van der Waals surface area contributed by atoms with Crippen LogP contribution in [0.15, 0.2) is 30.5 Å². The van der Waals surface area contributed by atoms with Crippen molar-refractivity contribution in [3.63, 3.8) is 0 Å². The van der Waals surface area contributed by atoms with Crippen molar-refractivity contribution < 1.29 is 4.79 Å². The second-order valence-corrected chi connectivity index (χ2v) is 7.36. The number of amides is 1. The quantitative estimate of drug-likeness (QED) is 0.892. The molecular formula is C18H21N3O. The van der Waals surface area contributed by atoms with E-state index in [2.05, 4.69) is 15.2 Å². The number of hydrogen-bond acceptors (Lipinski definition) is 2. The van der Waals surface area contributed by atoms with Crippen molar-refractivity contribution >= 4 is 16.8 Å². The third kappa shape index (κ3) is 1.90. The summed E-state index contributed by atoms with van der Waals surface area (Å²) in [6, 6.07) is 8.30. The maximum atomic E-state index is 12.7. The number of nitrogens with one attached hydrogen (secondary N) is 2. The molecule has 3 saturated heterocycles. The van der Waals surface area contributed by atoms with Crippen molar-refractivity contribution in [2.24, 2.45) is 17.8 Å². The van der Waals surface area contributed by atoms with Crippen molar-refractivity contribution in [3.05, 3.63) is 36.0 Å². The molecule has 0 radical (unpaired) electrons. The van der Waals surface area contributed by atoms with Crippen LogP contribution in [-0.2, 0) is 0 Å². The van der Waals surface area contributed by atoms with Gasteiger partial charge in [0.15, 0.2) is 0 Å². The summed E-state index contributed by atoms with van der Waals surface area (Å²) in [5.74, 6) is 2.29. The van der Waals surface area contributed by atoms with E-state index < -0.39 is 0 Å². The first-order valence-electron chi connectivity index (χ1n) is 8.36. The summed E-state index contributed by atoms with van der Waals surface area (Å²) < 4.78 is 0. The molecule has 4 heteroatoms. The highest BCUT2D eigenvalue weighted by Crippen LogP contribution is 2.43. The standard InChI is InChI=1S/C18H21N3O/c22-18(13-1-2-16-12(7-13)3-4-19-16)20-17-14-5-11-6-15(17)10-21(8-11)9-14/h1-4,7,11,14-15,17,19H,5-6,8-10H2,(H,20,22). The summed E-state index contributed by atoms with van der Waals surface area (Å²) in [6.07, 6.45) is 4.52. The lowest BCUT2D eigenvalue weighted by molar-refractivity contribution is -0.0418. The number of hydrogen-bond donors (Lipinski definition) is 2. The molecule has 1 aromatic carbocycles. The first-order valence-corrected chi connectivity index (χ1v) is 8.36. The summed E-state index contributed by atoms with van der Waals surface area (Å²) in [6.45, 7) is 3.64. The summed E-state index contributed by atoms with van der Waals surface area (Å²) in [7, 11) is 0. The molecule has 1 aliphatic carbocycles. The highest BCUT2D eigenvalue weighted by atomic mass is 16.1. The Labute approximate surface area is 129 Å². The van der Waals surface area contributed by atoms with Crippen molar-refractivity contribution in [1.82, 2.24) is 15.2 Å². The van der Waals surface area contributed by atoms with Crippen LogP contribution in [-0.4, -0.2) is 41.5 Å². The molecule has 4 bridgehead atoms. The normalized spacial score (nSPS) is 35.9. The molecular weight excluding hydrogens is 274 g/mol. The molecule has 4 fully saturated rings. The van der Waals surface area contributed by atoms with E-state index in [1.165, 1.54) is 32.5 Å². The first kappa shape index (κ1) is 12.7. The van der Waals surface area contributed by atoms with Crippen molar-refractivity contribution in [2.75, 3.05) is 19.6 Å². The molecule has 2 N–H and O–H groups in total. The Bertz CT molecular complexity index is 707. The van der Waals surface area contributed by atoms with E-state index in [0.717, 1.165) is 22.4 Å². The predicted octanol–water partition coefficient (Wildman–Crippen LogP) is 2.24. The Morgan fingerprint density at radius 3 is 2.73 bits per heavy atom. The van der Waals surface area contributed by atoms with Crippen LogP contribution in [0.1, 0.15) is 23.2 Å². The zero-order chi connectivity index (χ0) is 14.7. The van der Waals surface area contributed by atoms with Gasteiger partial charge in [-0.1, -0.05) is 0 Å². The Balaban J connectivity index is 1.38. The number of carbonyl (C=O) groups is 1. The Morgan fingerprint density at radius 1 is 1.14 bits per heavy atom. The number of nitrogens with zero attached hydrogens (tertiary/aromatic N) is 1. The lowest BCUT2D eigenvalue weighted by Crippen LogP contribution is -2.64. The Kier molecular flexibility index (Phi) is 2.65. The van der Waals surface area contributed by atoms with Crippen LogP contribution in [0.3, 0.4) is 0 Å². The molecule has 22 heavy (non-hydrogen) atoms. The number of benzene rings is 1. The minimum absolute atomic E-state index is 0.0931. The molecule has 2 atom stereocenters. The van der Waals surface area contributed by atoms with Gasteiger partial charge >= 0.3 is 0 Å². The Morgan fingerprint density at radius 2 is 1.95 bits per heavy atom. The van der Waals surface area contributed by atoms with Crippen LogP contribution in [0.5, 0.6) is 0 Å². The lowest BCUT2D eigenvalue weighted by Gasteiger charge is -2.55. The van der Waals surface area contributed by atoms with Gasteiger partial charge in [0.1, 0.15) is 0 Å². The highest BCUT2D eigenvalue weighted by Gasteiger charge is 2.47. The van der Waals surface area contributed by atoms with Crippen LogP contribution in [0.2, 0.25) is 0 Å². The van der Waals surface area contributed by atoms with Gasteiger partial charge in [0.05, 0.1) is 0 Å². The van der Waals surface area contributed by atoms with Crippen LogP contribution >= 0.6 is 0 Å². The number of aromatic nitrogens is 1. The number of aromatic amines is 1. The number of H-pyrrole nitrogens is 1. The molecule has 6 rings (SSSR count). The minimum Gasteiger partial charge on any atom is -0.361 e. The SMILES string of the molecule is O=C(NC1C2CC3CC1CN(C3)C2)c1ccc2[nH]ccc2c1. The third-order valence-corrected chi connectivity index (χ3v) is 5.90. The summed E-state index contributed by atoms with van der Waals surface area (Å²) in [5, 5.41) is 4.46. The first-order chi connectivity index (χ1) is 10.8. The molecule has 4 nitrogen and oxygen atoms in total. The fourth-order valence-electron chi connectivity index (χ4n) is 5.07. The molecule has 2 unspecified atom stereocenters. The zero-order valence-corrected chi connectivity index (χ0v) is 12.6. The minimum atomic E-state index is 0.0931.